The highest BCUT2D eigenvalue weighted by Gasteiger charge is 2.15. The van der Waals surface area contributed by atoms with E-state index in [0.717, 1.165) is 10.6 Å². The Balaban J connectivity index is 1.50. The summed E-state index contributed by atoms with van der Waals surface area (Å²) in [5, 5.41) is 6.37. The Morgan fingerprint density at radius 2 is 1.85 bits per heavy atom. The van der Waals surface area contributed by atoms with Crippen molar-refractivity contribution in [3.05, 3.63) is 75.9 Å². The minimum Gasteiger partial charge on any atom is -0.351 e. The van der Waals surface area contributed by atoms with Crippen molar-refractivity contribution in [3.63, 3.8) is 0 Å². The Morgan fingerprint density at radius 1 is 1.07 bits per heavy atom. The second-order valence-corrected chi connectivity index (χ2v) is 7.04. The number of carbonyl (C=O) groups is 2. The van der Waals surface area contributed by atoms with Crippen LogP contribution in [-0.4, -0.2) is 28.3 Å². The summed E-state index contributed by atoms with van der Waals surface area (Å²) in [5.74, 6) is 0.104. The quantitative estimate of drug-likeness (QED) is 0.659. The molecule has 0 atom stereocenters. The standard InChI is InChI=1S/C20H20N4O2S/c1-14-19(27-18(23-14)13-15-7-3-2-4-8-15)20(26)22-12-10-17(25)24-16-9-5-6-11-21-16/h2-9,11H,10,12-13H2,1H3,(H,22,26)(H,21,24,25). The summed E-state index contributed by atoms with van der Waals surface area (Å²) in [4.78, 5) is 33.4. The summed E-state index contributed by atoms with van der Waals surface area (Å²) in [6.07, 6.45) is 2.49. The van der Waals surface area contributed by atoms with Gasteiger partial charge in [-0.3, -0.25) is 9.59 Å². The van der Waals surface area contributed by atoms with Crippen LogP contribution in [0.15, 0.2) is 54.7 Å². The van der Waals surface area contributed by atoms with Crippen molar-refractivity contribution in [2.75, 3.05) is 11.9 Å². The molecule has 0 unspecified atom stereocenters. The van der Waals surface area contributed by atoms with Gasteiger partial charge in [0.1, 0.15) is 10.7 Å². The van der Waals surface area contributed by atoms with Gasteiger partial charge in [0.25, 0.3) is 5.91 Å². The minimum absolute atomic E-state index is 0.178. The fraction of sp³-hybridized carbons (Fsp3) is 0.200. The van der Waals surface area contributed by atoms with E-state index in [9.17, 15) is 9.59 Å². The molecule has 2 aromatic heterocycles. The summed E-state index contributed by atoms with van der Waals surface area (Å²) in [5.41, 5.74) is 1.87. The molecule has 1 aromatic carbocycles. The van der Waals surface area contributed by atoms with Crippen LogP contribution < -0.4 is 10.6 Å². The number of hydrogen-bond acceptors (Lipinski definition) is 5. The second-order valence-electron chi connectivity index (χ2n) is 5.95. The van der Waals surface area contributed by atoms with Crippen molar-refractivity contribution in [1.82, 2.24) is 15.3 Å². The van der Waals surface area contributed by atoms with Crippen molar-refractivity contribution >= 4 is 29.0 Å². The molecule has 2 heterocycles. The van der Waals surface area contributed by atoms with Gasteiger partial charge in [-0.2, -0.15) is 0 Å². The largest absolute Gasteiger partial charge is 0.351 e. The zero-order chi connectivity index (χ0) is 19.1. The summed E-state index contributed by atoms with van der Waals surface area (Å²) in [6.45, 7) is 2.08. The molecule has 7 heteroatoms. The number of aryl methyl sites for hydroxylation is 1. The summed E-state index contributed by atoms with van der Waals surface area (Å²) >= 11 is 1.39. The zero-order valence-corrected chi connectivity index (χ0v) is 15.8. The van der Waals surface area contributed by atoms with Crippen LogP contribution in [0.25, 0.3) is 0 Å². The Labute approximate surface area is 161 Å². The Morgan fingerprint density at radius 3 is 2.59 bits per heavy atom. The fourth-order valence-electron chi connectivity index (χ4n) is 2.52. The number of hydrogen-bond donors (Lipinski definition) is 2. The SMILES string of the molecule is Cc1nc(Cc2ccccc2)sc1C(=O)NCCC(=O)Nc1ccccn1. The molecular formula is C20H20N4O2S. The van der Waals surface area contributed by atoms with Crippen LogP contribution >= 0.6 is 11.3 Å². The van der Waals surface area contributed by atoms with E-state index >= 15 is 0 Å². The van der Waals surface area contributed by atoms with Crippen molar-refractivity contribution in [2.45, 2.75) is 19.8 Å². The Hall–Kier alpha value is -3.06. The molecule has 138 valence electrons. The van der Waals surface area contributed by atoms with Crippen LogP contribution in [0, 0.1) is 6.92 Å². The molecule has 3 rings (SSSR count). The first kappa shape index (κ1) is 18.7. The van der Waals surface area contributed by atoms with E-state index in [-0.39, 0.29) is 24.8 Å². The van der Waals surface area contributed by atoms with Crippen LogP contribution in [0.4, 0.5) is 5.82 Å². The molecule has 0 spiro atoms. The van der Waals surface area contributed by atoms with Crippen LogP contribution in [0.2, 0.25) is 0 Å². The average Bonchev–Trinajstić information content (AvgIpc) is 3.03. The predicted octanol–water partition coefficient (Wildman–Crippen LogP) is 3.20. The molecule has 2 amide bonds. The Bertz CT molecular complexity index is 910. The summed E-state index contributed by atoms with van der Waals surface area (Å²) in [7, 11) is 0. The highest BCUT2D eigenvalue weighted by Crippen LogP contribution is 2.20. The monoisotopic (exact) mass is 380 g/mol. The number of carbonyl (C=O) groups excluding carboxylic acids is 2. The maximum atomic E-state index is 12.4. The molecule has 0 aliphatic rings. The number of pyridine rings is 1. The van der Waals surface area contributed by atoms with Crippen LogP contribution in [-0.2, 0) is 11.2 Å². The minimum atomic E-state index is -0.199. The number of nitrogens with one attached hydrogen (secondary N) is 2. The molecule has 0 aliphatic heterocycles. The van der Waals surface area contributed by atoms with Gasteiger partial charge >= 0.3 is 0 Å². The van der Waals surface area contributed by atoms with E-state index in [2.05, 4.69) is 20.6 Å². The first-order chi connectivity index (χ1) is 13.1. The van der Waals surface area contributed by atoms with Gasteiger partial charge in [0.2, 0.25) is 5.91 Å². The van der Waals surface area contributed by atoms with Gasteiger partial charge in [0.15, 0.2) is 0 Å². The van der Waals surface area contributed by atoms with E-state index in [1.54, 1.807) is 24.4 Å². The van der Waals surface area contributed by atoms with Gasteiger partial charge in [-0.25, -0.2) is 9.97 Å². The molecule has 6 nitrogen and oxygen atoms in total. The van der Waals surface area contributed by atoms with Gasteiger partial charge in [-0.05, 0) is 24.6 Å². The Kier molecular flexibility index (Phi) is 6.27. The van der Waals surface area contributed by atoms with Gasteiger partial charge in [0.05, 0.1) is 10.7 Å². The second kappa shape index (κ2) is 9.05. The van der Waals surface area contributed by atoms with E-state index in [1.807, 2.05) is 37.3 Å². The first-order valence-electron chi connectivity index (χ1n) is 8.61. The van der Waals surface area contributed by atoms with Gasteiger partial charge in [0, 0.05) is 25.6 Å². The maximum absolute atomic E-state index is 12.4. The van der Waals surface area contributed by atoms with E-state index in [0.29, 0.717) is 22.8 Å². The summed E-state index contributed by atoms with van der Waals surface area (Å²) < 4.78 is 0. The highest BCUT2D eigenvalue weighted by molar-refractivity contribution is 7.13. The first-order valence-corrected chi connectivity index (χ1v) is 9.43. The number of thiazole rings is 1. The molecule has 0 aliphatic carbocycles. The third-order valence-corrected chi connectivity index (χ3v) is 4.97. The third kappa shape index (κ3) is 5.46. The molecule has 0 saturated carbocycles. The van der Waals surface area contributed by atoms with Gasteiger partial charge in [-0.1, -0.05) is 36.4 Å². The van der Waals surface area contributed by atoms with Crippen molar-refractivity contribution in [2.24, 2.45) is 0 Å². The molecule has 2 N–H and O–H groups in total. The lowest BCUT2D eigenvalue weighted by Crippen LogP contribution is -2.27. The fourth-order valence-corrected chi connectivity index (χ4v) is 3.54. The van der Waals surface area contributed by atoms with Crippen molar-refractivity contribution in [3.8, 4) is 0 Å². The van der Waals surface area contributed by atoms with Crippen molar-refractivity contribution in [1.29, 1.82) is 0 Å². The predicted molar refractivity (Wildman–Crippen MR) is 106 cm³/mol. The topological polar surface area (TPSA) is 84.0 Å². The maximum Gasteiger partial charge on any atom is 0.263 e. The molecule has 27 heavy (non-hydrogen) atoms. The van der Waals surface area contributed by atoms with E-state index in [1.165, 1.54) is 11.3 Å². The van der Waals surface area contributed by atoms with E-state index in [4.69, 9.17) is 0 Å². The van der Waals surface area contributed by atoms with Gasteiger partial charge in [-0.15, -0.1) is 11.3 Å². The molecule has 0 fully saturated rings. The molecular weight excluding hydrogens is 360 g/mol. The van der Waals surface area contributed by atoms with E-state index < -0.39 is 0 Å². The molecule has 0 radical (unpaired) electrons. The van der Waals surface area contributed by atoms with Crippen LogP contribution in [0.5, 0.6) is 0 Å². The lowest BCUT2D eigenvalue weighted by atomic mass is 10.2. The number of amides is 2. The number of benzene rings is 1. The third-order valence-electron chi connectivity index (χ3n) is 3.82. The smallest absolute Gasteiger partial charge is 0.263 e. The molecule has 3 aromatic rings. The van der Waals surface area contributed by atoms with Gasteiger partial charge < -0.3 is 10.6 Å². The van der Waals surface area contributed by atoms with Crippen LogP contribution in [0.1, 0.15) is 32.4 Å². The zero-order valence-electron chi connectivity index (χ0n) is 14.9. The number of aromatic nitrogens is 2. The molecule has 0 saturated heterocycles. The lowest BCUT2D eigenvalue weighted by Gasteiger charge is -2.05. The lowest BCUT2D eigenvalue weighted by molar-refractivity contribution is -0.116. The molecule has 0 bridgehead atoms. The summed E-state index contributed by atoms with van der Waals surface area (Å²) in [6, 6.07) is 15.3. The normalized spacial score (nSPS) is 10.4. The van der Waals surface area contributed by atoms with Crippen LogP contribution in [0.3, 0.4) is 0 Å². The highest BCUT2D eigenvalue weighted by atomic mass is 32.1. The van der Waals surface area contributed by atoms with Crippen molar-refractivity contribution < 1.29 is 9.59 Å². The average molecular weight is 380 g/mol. The number of rotatable bonds is 7. The number of anilines is 1. The number of nitrogens with zero attached hydrogens (tertiary/aromatic N) is 2.